The third kappa shape index (κ3) is 8.77. The van der Waals surface area contributed by atoms with Crippen molar-refractivity contribution in [2.75, 3.05) is 14.2 Å². The van der Waals surface area contributed by atoms with E-state index >= 15 is 0 Å². The average Bonchev–Trinajstić information content (AvgIpc) is 2.47. The summed E-state index contributed by atoms with van der Waals surface area (Å²) >= 11 is 0. The van der Waals surface area contributed by atoms with Gasteiger partial charge in [0.1, 0.15) is 12.1 Å². The number of ether oxygens (including phenoxy) is 3. The molecule has 0 fully saturated rings. The monoisotopic (exact) mass is 319 g/mol. The largest absolute Gasteiger partial charge is 0.481 e. The smallest absolute Gasteiger partial charge is 0.408 e. The number of carbonyl (C=O) groups is 4. The zero-order chi connectivity index (χ0) is 17.1. The van der Waals surface area contributed by atoms with Crippen molar-refractivity contribution in [1.82, 2.24) is 5.32 Å². The van der Waals surface area contributed by atoms with Gasteiger partial charge < -0.3 is 24.6 Å². The predicted octanol–water partition coefficient (Wildman–Crippen LogP) is 0.461. The van der Waals surface area contributed by atoms with Crippen molar-refractivity contribution in [3.05, 3.63) is 0 Å². The zero-order valence-electron chi connectivity index (χ0n) is 12.8. The first-order valence-electron chi connectivity index (χ1n) is 6.63. The maximum Gasteiger partial charge on any atom is 0.408 e. The molecule has 0 unspecified atom stereocenters. The first kappa shape index (κ1) is 19.7. The van der Waals surface area contributed by atoms with Gasteiger partial charge in [-0.1, -0.05) is 0 Å². The van der Waals surface area contributed by atoms with Crippen molar-refractivity contribution in [2.45, 2.75) is 44.8 Å². The highest BCUT2D eigenvalue weighted by molar-refractivity contribution is 5.82. The molecule has 0 aromatic heterocycles. The molecule has 0 radical (unpaired) electrons. The van der Waals surface area contributed by atoms with Crippen LogP contribution in [0.5, 0.6) is 0 Å². The number of alkyl carbamates (subject to hydrolysis) is 1. The van der Waals surface area contributed by atoms with E-state index in [0.29, 0.717) is 0 Å². The third-order valence-electron chi connectivity index (χ3n) is 2.72. The van der Waals surface area contributed by atoms with Gasteiger partial charge in [0.05, 0.1) is 14.2 Å². The number of nitrogens with one attached hydrogen (secondary N) is 1. The molecule has 0 spiro atoms. The summed E-state index contributed by atoms with van der Waals surface area (Å²) < 4.78 is 13.9. The molecule has 0 aliphatic carbocycles. The number of hydrogen-bond acceptors (Lipinski definition) is 7. The Morgan fingerprint density at radius 2 is 1.68 bits per heavy atom. The number of carboxylic acid groups (broad SMARTS) is 1. The number of esters is 2. The Labute approximate surface area is 127 Å². The summed E-state index contributed by atoms with van der Waals surface area (Å²) in [4.78, 5) is 44.6. The Kier molecular flexibility index (Phi) is 9.31. The van der Waals surface area contributed by atoms with Crippen LogP contribution in [0.25, 0.3) is 0 Å². The lowest BCUT2D eigenvalue weighted by molar-refractivity contribution is -0.144. The molecular weight excluding hydrogens is 298 g/mol. The van der Waals surface area contributed by atoms with Crippen LogP contribution in [0.1, 0.15) is 32.6 Å². The molecule has 9 nitrogen and oxygen atoms in total. The Morgan fingerprint density at radius 3 is 2.18 bits per heavy atom. The molecule has 9 heteroatoms. The van der Waals surface area contributed by atoms with Gasteiger partial charge in [0, 0.05) is 12.8 Å². The van der Waals surface area contributed by atoms with E-state index in [9.17, 15) is 19.2 Å². The third-order valence-corrected chi connectivity index (χ3v) is 2.72. The molecule has 22 heavy (non-hydrogen) atoms. The number of carboxylic acids is 1. The molecule has 1 amide bonds. The quantitative estimate of drug-likeness (QED) is 0.463. The molecule has 0 aromatic carbocycles. The molecule has 2 atom stereocenters. The van der Waals surface area contributed by atoms with Crippen LogP contribution in [0.4, 0.5) is 4.79 Å². The molecule has 0 saturated carbocycles. The van der Waals surface area contributed by atoms with Crippen LogP contribution in [-0.2, 0) is 28.6 Å². The van der Waals surface area contributed by atoms with E-state index in [1.807, 2.05) is 0 Å². The number of rotatable bonds is 9. The van der Waals surface area contributed by atoms with Crippen molar-refractivity contribution in [3.63, 3.8) is 0 Å². The molecule has 0 aliphatic rings. The van der Waals surface area contributed by atoms with Crippen molar-refractivity contribution < 1.29 is 38.5 Å². The minimum Gasteiger partial charge on any atom is -0.481 e. The summed E-state index contributed by atoms with van der Waals surface area (Å²) in [6.07, 6.45) is -1.60. The molecule has 0 saturated heterocycles. The van der Waals surface area contributed by atoms with Crippen LogP contribution >= 0.6 is 0 Å². The van der Waals surface area contributed by atoms with E-state index in [2.05, 4.69) is 14.8 Å². The highest BCUT2D eigenvalue weighted by Crippen LogP contribution is 2.05. The highest BCUT2D eigenvalue weighted by Gasteiger charge is 2.24. The van der Waals surface area contributed by atoms with E-state index in [1.54, 1.807) is 0 Å². The number of carbonyl (C=O) groups excluding carboxylic acids is 3. The van der Waals surface area contributed by atoms with Gasteiger partial charge in [-0.05, 0) is 19.8 Å². The lowest BCUT2D eigenvalue weighted by Gasteiger charge is -2.18. The first-order valence-corrected chi connectivity index (χ1v) is 6.63. The van der Waals surface area contributed by atoms with E-state index < -0.39 is 36.1 Å². The Bertz CT molecular complexity index is 409. The molecular formula is C13H21NO8. The minimum atomic E-state index is -1.05. The van der Waals surface area contributed by atoms with Gasteiger partial charge in [-0.15, -0.1) is 0 Å². The molecule has 0 heterocycles. The fourth-order valence-electron chi connectivity index (χ4n) is 1.50. The van der Waals surface area contributed by atoms with Crippen LogP contribution < -0.4 is 5.32 Å². The SMILES string of the molecule is COC(=O)CC[C@H](NC(=O)O[C@H](C)CCC(=O)O)C(=O)OC. The maximum atomic E-state index is 11.6. The Hall–Kier alpha value is -2.32. The van der Waals surface area contributed by atoms with Gasteiger partial charge in [0.2, 0.25) is 0 Å². The molecule has 2 N–H and O–H groups in total. The Morgan fingerprint density at radius 1 is 1.05 bits per heavy atom. The van der Waals surface area contributed by atoms with Crippen molar-refractivity contribution >= 4 is 24.0 Å². The summed E-state index contributed by atoms with van der Waals surface area (Å²) in [5.41, 5.74) is 0. The zero-order valence-corrected chi connectivity index (χ0v) is 12.8. The number of aliphatic carboxylic acids is 1. The topological polar surface area (TPSA) is 128 Å². The summed E-state index contributed by atoms with van der Waals surface area (Å²) in [5, 5.41) is 10.8. The molecule has 0 rings (SSSR count). The molecule has 0 bridgehead atoms. The van der Waals surface area contributed by atoms with E-state index in [4.69, 9.17) is 9.84 Å². The second-order valence-electron chi connectivity index (χ2n) is 4.48. The van der Waals surface area contributed by atoms with Crippen LogP contribution in [0.15, 0.2) is 0 Å². The molecule has 0 aliphatic heterocycles. The first-order chi connectivity index (χ1) is 10.3. The normalized spacial score (nSPS) is 12.7. The van der Waals surface area contributed by atoms with Gasteiger partial charge in [-0.25, -0.2) is 9.59 Å². The van der Waals surface area contributed by atoms with Gasteiger partial charge in [0.15, 0.2) is 0 Å². The fraction of sp³-hybridized carbons (Fsp3) is 0.692. The van der Waals surface area contributed by atoms with Gasteiger partial charge in [-0.3, -0.25) is 9.59 Å². The minimum absolute atomic E-state index is 0.00203. The van der Waals surface area contributed by atoms with Gasteiger partial charge >= 0.3 is 24.0 Å². The van der Waals surface area contributed by atoms with Crippen molar-refractivity contribution in [1.29, 1.82) is 0 Å². The molecule has 0 aromatic rings. The lowest BCUT2D eigenvalue weighted by atomic mass is 10.1. The fourth-order valence-corrected chi connectivity index (χ4v) is 1.50. The average molecular weight is 319 g/mol. The Balaban J connectivity index is 4.39. The van der Waals surface area contributed by atoms with Crippen LogP contribution in [0, 0.1) is 0 Å². The van der Waals surface area contributed by atoms with Crippen molar-refractivity contribution in [2.24, 2.45) is 0 Å². The van der Waals surface area contributed by atoms with Crippen LogP contribution in [-0.4, -0.2) is 55.5 Å². The van der Waals surface area contributed by atoms with Gasteiger partial charge in [0.25, 0.3) is 0 Å². The lowest BCUT2D eigenvalue weighted by Crippen LogP contribution is -2.43. The van der Waals surface area contributed by atoms with E-state index in [1.165, 1.54) is 14.0 Å². The van der Waals surface area contributed by atoms with Crippen LogP contribution in [0.3, 0.4) is 0 Å². The molecule has 126 valence electrons. The van der Waals surface area contributed by atoms with Crippen molar-refractivity contribution in [3.8, 4) is 0 Å². The highest BCUT2D eigenvalue weighted by atomic mass is 16.6. The van der Waals surface area contributed by atoms with E-state index in [0.717, 1.165) is 7.11 Å². The summed E-state index contributed by atoms with van der Waals surface area (Å²) in [6.45, 7) is 1.53. The number of hydrogen-bond donors (Lipinski definition) is 2. The predicted molar refractivity (Wildman–Crippen MR) is 73.0 cm³/mol. The summed E-state index contributed by atoms with van der Waals surface area (Å²) in [7, 11) is 2.36. The second-order valence-corrected chi connectivity index (χ2v) is 4.48. The maximum absolute atomic E-state index is 11.6. The summed E-state index contributed by atoms with van der Waals surface area (Å²) in [5.74, 6) is -2.25. The van der Waals surface area contributed by atoms with E-state index in [-0.39, 0.29) is 25.7 Å². The number of amides is 1. The summed E-state index contributed by atoms with van der Waals surface area (Å²) in [6, 6.07) is -1.05. The second kappa shape index (κ2) is 10.4. The van der Waals surface area contributed by atoms with Gasteiger partial charge in [-0.2, -0.15) is 0 Å². The number of methoxy groups -OCH3 is 2. The van der Waals surface area contributed by atoms with Crippen LogP contribution in [0.2, 0.25) is 0 Å². The standard InChI is InChI=1S/C13H21NO8/c1-8(4-6-10(15)16)22-13(19)14-9(12(18)21-3)5-7-11(17)20-2/h8-9H,4-7H2,1-3H3,(H,14,19)(H,15,16)/t8-,9+/m1/s1.